The second-order valence-electron chi connectivity index (χ2n) is 4.47. The number of fused-ring (bicyclic) bond motifs is 1. The molecule has 96 valence electrons. The number of aromatic nitrogens is 2. The van der Waals surface area contributed by atoms with E-state index in [0.717, 1.165) is 22.0 Å². The average Bonchev–Trinajstić information content (AvgIpc) is 2.77. The molecule has 0 saturated carbocycles. The van der Waals surface area contributed by atoms with E-state index < -0.39 is 0 Å². The van der Waals surface area contributed by atoms with E-state index in [-0.39, 0.29) is 12.4 Å². The molecule has 0 spiro atoms. The number of nitrogens with zero attached hydrogens (tertiary/aromatic N) is 2. The quantitative estimate of drug-likeness (QED) is 0.782. The second-order valence-corrected chi connectivity index (χ2v) is 4.47. The summed E-state index contributed by atoms with van der Waals surface area (Å²) < 4.78 is 15.1. The van der Waals surface area contributed by atoms with Crippen LogP contribution >= 0.6 is 0 Å². The van der Waals surface area contributed by atoms with Crippen molar-refractivity contribution < 1.29 is 9.50 Å². The van der Waals surface area contributed by atoms with Crippen LogP contribution in [0.15, 0.2) is 48.9 Å². The molecule has 2 aromatic heterocycles. The maximum atomic E-state index is 13.1. The zero-order valence-corrected chi connectivity index (χ0v) is 10.3. The molecule has 3 nitrogen and oxygen atoms in total. The van der Waals surface area contributed by atoms with E-state index in [9.17, 15) is 9.50 Å². The Balaban J connectivity index is 2.06. The van der Waals surface area contributed by atoms with Crippen molar-refractivity contribution in [3.05, 3.63) is 65.9 Å². The minimum absolute atomic E-state index is 0.00505. The van der Waals surface area contributed by atoms with E-state index in [4.69, 9.17) is 0 Å². The van der Waals surface area contributed by atoms with Crippen LogP contribution in [0.1, 0.15) is 11.1 Å². The summed E-state index contributed by atoms with van der Waals surface area (Å²) in [6.07, 6.45) is 4.74. The van der Waals surface area contributed by atoms with Crippen LogP contribution < -0.4 is 0 Å². The molecule has 0 aliphatic carbocycles. The summed E-state index contributed by atoms with van der Waals surface area (Å²) in [5.74, 6) is -0.337. The first kappa shape index (κ1) is 11.9. The number of rotatable bonds is 3. The predicted octanol–water partition coefficient (Wildman–Crippen LogP) is 2.72. The van der Waals surface area contributed by atoms with E-state index >= 15 is 0 Å². The molecule has 0 unspecified atom stereocenters. The van der Waals surface area contributed by atoms with Crippen LogP contribution in [-0.4, -0.2) is 14.7 Å². The Kier molecular flexibility index (Phi) is 3.01. The maximum absolute atomic E-state index is 13.1. The van der Waals surface area contributed by atoms with Gasteiger partial charge in [0.05, 0.1) is 12.8 Å². The van der Waals surface area contributed by atoms with Gasteiger partial charge in [-0.25, -0.2) is 4.39 Å². The van der Waals surface area contributed by atoms with Crippen LogP contribution in [0.5, 0.6) is 0 Å². The number of aliphatic hydroxyl groups excluding tert-OH is 1. The van der Waals surface area contributed by atoms with Crippen molar-refractivity contribution in [3.63, 3.8) is 0 Å². The van der Waals surface area contributed by atoms with Gasteiger partial charge in [-0.05, 0) is 17.7 Å². The lowest BCUT2D eigenvalue weighted by atomic mass is 10.2. The predicted molar refractivity (Wildman–Crippen MR) is 71.2 cm³/mol. The molecule has 0 fully saturated rings. The van der Waals surface area contributed by atoms with Gasteiger partial charge in [-0.15, -0.1) is 0 Å². The van der Waals surface area contributed by atoms with E-state index in [1.54, 1.807) is 6.20 Å². The summed E-state index contributed by atoms with van der Waals surface area (Å²) in [6.45, 7) is 0.528. The Morgan fingerprint density at radius 1 is 1.21 bits per heavy atom. The number of hydrogen-bond acceptors (Lipinski definition) is 2. The first-order valence-electron chi connectivity index (χ1n) is 6.05. The molecule has 0 aliphatic rings. The molecule has 0 amide bonds. The lowest BCUT2D eigenvalue weighted by Gasteiger charge is -2.05. The molecule has 0 aliphatic heterocycles. The van der Waals surface area contributed by atoms with Gasteiger partial charge in [-0.1, -0.05) is 18.2 Å². The van der Waals surface area contributed by atoms with Gasteiger partial charge in [0.15, 0.2) is 0 Å². The van der Waals surface area contributed by atoms with Crippen LogP contribution in [0.3, 0.4) is 0 Å². The SMILES string of the molecule is OCc1cn(Cc2cncc(F)c2)c2ccccc12. The van der Waals surface area contributed by atoms with Crippen molar-refractivity contribution in [2.75, 3.05) is 0 Å². The molecular formula is C15H13FN2O. The average molecular weight is 256 g/mol. The minimum atomic E-state index is -0.337. The Morgan fingerprint density at radius 2 is 2.05 bits per heavy atom. The molecule has 2 heterocycles. The topological polar surface area (TPSA) is 38.0 Å². The zero-order chi connectivity index (χ0) is 13.2. The highest BCUT2D eigenvalue weighted by Gasteiger charge is 2.07. The van der Waals surface area contributed by atoms with Gasteiger partial charge in [-0.3, -0.25) is 4.98 Å². The molecule has 1 N–H and O–H groups in total. The van der Waals surface area contributed by atoms with Crippen molar-refractivity contribution in [1.82, 2.24) is 9.55 Å². The molecule has 3 aromatic rings. The number of aliphatic hydroxyl groups is 1. The first-order valence-corrected chi connectivity index (χ1v) is 6.05. The summed E-state index contributed by atoms with van der Waals surface area (Å²) in [5, 5.41) is 10.4. The lowest BCUT2D eigenvalue weighted by Crippen LogP contribution is -1.99. The van der Waals surface area contributed by atoms with Gasteiger partial charge in [0.25, 0.3) is 0 Å². The Bertz CT molecular complexity index is 721. The fourth-order valence-electron chi connectivity index (χ4n) is 2.32. The largest absolute Gasteiger partial charge is 0.392 e. The molecule has 3 rings (SSSR count). The van der Waals surface area contributed by atoms with Crippen LogP contribution in [0.2, 0.25) is 0 Å². The standard InChI is InChI=1S/C15H13FN2O/c16-13-5-11(6-17-7-13)8-18-9-12(10-19)14-3-1-2-4-15(14)18/h1-7,9,19H,8,10H2. The van der Waals surface area contributed by atoms with Crippen molar-refractivity contribution in [3.8, 4) is 0 Å². The van der Waals surface area contributed by atoms with Crippen LogP contribution in [0.4, 0.5) is 4.39 Å². The monoisotopic (exact) mass is 256 g/mol. The van der Waals surface area contributed by atoms with Gasteiger partial charge in [0, 0.05) is 35.4 Å². The van der Waals surface area contributed by atoms with Crippen LogP contribution in [-0.2, 0) is 13.2 Å². The van der Waals surface area contributed by atoms with E-state index in [1.807, 2.05) is 35.0 Å². The Hall–Kier alpha value is -2.20. The molecule has 0 saturated heterocycles. The van der Waals surface area contributed by atoms with Crippen LogP contribution in [0, 0.1) is 5.82 Å². The first-order chi connectivity index (χ1) is 9.28. The fourth-order valence-corrected chi connectivity index (χ4v) is 2.32. The summed E-state index contributed by atoms with van der Waals surface area (Å²) >= 11 is 0. The molecule has 0 bridgehead atoms. The smallest absolute Gasteiger partial charge is 0.141 e. The van der Waals surface area contributed by atoms with Gasteiger partial charge in [-0.2, -0.15) is 0 Å². The Morgan fingerprint density at radius 3 is 2.84 bits per heavy atom. The molecule has 19 heavy (non-hydrogen) atoms. The summed E-state index contributed by atoms with van der Waals surface area (Å²) in [4.78, 5) is 3.85. The summed E-state index contributed by atoms with van der Waals surface area (Å²) in [5.41, 5.74) is 2.70. The van der Waals surface area contributed by atoms with Crippen molar-refractivity contribution in [2.24, 2.45) is 0 Å². The zero-order valence-electron chi connectivity index (χ0n) is 10.3. The summed E-state index contributed by atoms with van der Waals surface area (Å²) in [7, 11) is 0. The number of pyridine rings is 1. The van der Waals surface area contributed by atoms with Gasteiger partial charge >= 0.3 is 0 Å². The summed E-state index contributed by atoms with van der Waals surface area (Å²) in [6, 6.07) is 9.32. The molecule has 4 heteroatoms. The van der Waals surface area contributed by atoms with Gasteiger partial charge < -0.3 is 9.67 Å². The van der Waals surface area contributed by atoms with E-state index in [2.05, 4.69) is 4.98 Å². The highest BCUT2D eigenvalue weighted by molar-refractivity contribution is 5.83. The molecule has 0 radical (unpaired) electrons. The van der Waals surface area contributed by atoms with Crippen molar-refractivity contribution >= 4 is 10.9 Å². The highest BCUT2D eigenvalue weighted by atomic mass is 19.1. The van der Waals surface area contributed by atoms with Gasteiger partial charge in [0.1, 0.15) is 5.82 Å². The van der Waals surface area contributed by atoms with E-state index in [0.29, 0.717) is 6.54 Å². The third-order valence-electron chi connectivity index (χ3n) is 3.16. The second kappa shape index (κ2) is 4.82. The van der Waals surface area contributed by atoms with Crippen LogP contribution in [0.25, 0.3) is 10.9 Å². The number of para-hydroxylation sites is 1. The van der Waals surface area contributed by atoms with Crippen molar-refractivity contribution in [1.29, 1.82) is 0 Å². The number of benzene rings is 1. The lowest BCUT2D eigenvalue weighted by molar-refractivity contribution is 0.283. The van der Waals surface area contributed by atoms with Gasteiger partial charge in [0.2, 0.25) is 0 Å². The number of hydrogen-bond donors (Lipinski definition) is 1. The third kappa shape index (κ3) is 2.22. The fraction of sp³-hybridized carbons (Fsp3) is 0.133. The normalized spacial score (nSPS) is 11.1. The van der Waals surface area contributed by atoms with E-state index in [1.165, 1.54) is 12.3 Å². The minimum Gasteiger partial charge on any atom is -0.392 e. The van der Waals surface area contributed by atoms with Crippen molar-refractivity contribution in [2.45, 2.75) is 13.2 Å². The molecule has 0 atom stereocenters. The third-order valence-corrected chi connectivity index (χ3v) is 3.16. The number of halogens is 1. The Labute approximate surface area is 109 Å². The highest BCUT2D eigenvalue weighted by Crippen LogP contribution is 2.22. The molecule has 1 aromatic carbocycles. The maximum Gasteiger partial charge on any atom is 0.141 e. The molecular weight excluding hydrogens is 243 g/mol.